The summed E-state index contributed by atoms with van der Waals surface area (Å²) in [4.78, 5) is 24.4. The van der Waals surface area contributed by atoms with Crippen LogP contribution in [0, 0.1) is 19.7 Å². The molecule has 0 radical (unpaired) electrons. The van der Waals surface area contributed by atoms with Gasteiger partial charge in [-0.3, -0.25) is 4.79 Å². The van der Waals surface area contributed by atoms with Crippen molar-refractivity contribution in [2.24, 2.45) is 0 Å². The molecule has 4 aromatic rings. The lowest BCUT2D eigenvalue weighted by Crippen LogP contribution is -2.07. The maximum atomic E-state index is 14.3. The molecule has 1 aromatic carbocycles. The molecule has 0 fully saturated rings. The van der Waals surface area contributed by atoms with E-state index < -0.39 is 0 Å². The quantitative estimate of drug-likeness (QED) is 0.228. The monoisotopic (exact) mass is 437 g/mol. The van der Waals surface area contributed by atoms with Gasteiger partial charge >= 0.3 is 0 Å². The molecule has 1 aliphatic rings. The lowest BCUT2D eigenvalue weighted by atomic mass is 10.2. The Bertz CT molecular complexity index is 1290. The number of rotatable bonds is 5. The number of fused-ring (bicyclic) bond motifs is 3. The van der Waals surface area contributed by atoms with Crippen molar-refractivity contribution >= 4 is 39.1 Å². The normalized spacial score (nSPS) is 13.2. The number of para-hydroxylation sites is 1. The number of Topliss-reactive ketones (excluding diaryl/α,β-unsaturated/α-hetero) is 1. The first-order chi connectivity index (χ1) is 14.5. The number of carbonyl (C=O) groups excluding carboxylic acids is 1. The second-order valence-electron chi connectivity index (χ2n) is 7.50. The number of aryl methyl sites for hydroxylation is 3. The van der Waals surface area contributed by atoms with Crippen molar-refractivity contribution in [1.29, 1.82) is 0 Å². The lowest BCUT2D eigenvalue weighted by Gasteiger charge is -2.10. The number of benzene rings is 1. The number of hydrogen-bond donors (Lipinski definition) is 0. The Kier molecular flexibility index (Phi) is 4.95. The van der Waals surface area contributed by atoms with Crippen molar-refractivity contribution < 1.29 is 9.18 Å². The van der Waals surface area contributed by atoms with Gasteiger partial charge in [-0.05, 0) is 56.9 Å². The Hall–Kier alpha value is -2.51. The van der Waals surface area contributed by atoms with Crippen LogP contribution in [0.15, 0.2) is 41.7 Å². The molecule has 5 rings (SSSR count). The van der Waals surface area contributed by atoms with Gasteiger partial charge in [-0.2, -0.15) is 0 Å². The molecule has 0 unspecified atom stereocenters. The maximum absolute atomic E-state index is 14.3. The van der Waals surface area contributed by atoms with Gasteiger partial charge in [0.25, 0.3) is 0 Å². The second kappa shape index (κ2) is 7.63. The molecule has 4 nitrogen and oxygen atoms in total. The van der Waals surface area contributed by atoms with Crippen LogP contribution in [0.3, 0.4) is 0 Å². The molecule has 0 saturated carbocycles. The van der Waals surface area contributed by atoms with E-state index in [1.54, 1.807) is 35.9 Å². The summed E-state index contributed by atoms with van der Waals surface area (Å²) in [6, 6.07) is 8.48. The number of carbonyl (C=O) groups is 1. The Morgan fingerprint density at radius 2 is 2.07 bits per heavy atom. The van der Waals surface area contributed by atoms with Gasteiger partial charge in [0.2, 0.25) is 0 Å². The molecule has 7 heteroatoms. The molecule has 0 bridgehead atoms. The molecule has 0 atom stereocenters. The van der Waals surface area contributed by atoms with E-state index in [9.17, 15) is 9.18 Å². The van der Waals surface area contributed by atoms with E-state index in [0.29, 0.717) is 11.3 Å². The van der Waals surface area contributed by atoms with Gasteiger partial charge in [0.15, 0.2) is 5.78 Å². The van der Waals surface area contributed by atoms with Crippen LogP contribution in [0.4, 0.5) is 4.39 Å². The van der Waals surface area contributed by atoms with E-state index in [2.05, 4.69) is 9.97 Å². The van der Waals surface area contributed by atoms with Gasteiger partial charge in [0, 0.05) is 27.2 Å². The van der Waals surface area contributed by atoms with E-state index in [1.807, 2.05) is 24.5 Å². The van der Waals surface area contributed by atoms with Crippen LogP contribution >= 0.6 is 23.1 Å². The standard InChI is InChI=1S/C23H20FN3OS2/c1-13-10-16(14(2)27(13)18-8-4-3-7-17(18)24)19(28)11-29-22-21-15-6-5-9-20(15)30-23(21)26-12-25-22/h3-4,7-8,10,12H,5-6,9,11H2,1-2H3. The van der Waals surface area contributed by atoms with Gasteiger partial charge < -0.3 is 4.57 Å². The zero-order chi connectivity index (χ0) is 20.8. The largest absolute Gasteiger partial charge is 0.315 e. The summed E-state index contributed by atoms with van der Waals surface area (Å²) in [6.07, 6.45) is 4.94. The minimum absolute atomic E-state index is 0.0225. The summed E-state index contributed by atoms with van der Waals surface area (Å²) >= 11 is 3.22. The molecule has 0 amide bonds. The molecule has 0 saturated heterocycles. The average Bonchev–Trinajstić information content (AvgIpc) is 3.40. The molecular formula is C23H20FN3OS2. The first-order valence-electron chi connectivity index (χ1n) is 9.89. The van der Waals surface area contributed by atoms with Gasteiger partial charge in [-0.25, -0.2) is 14.4 Å². The topological polar surface area (TPSA) is 47.8 Å². The van der Waals surface area contributed by atoms with E-state index >= 15 is 0 Å². The highest BCUT2D eigenvalue weighted by atomic mass is 32.2. The van der Waals surface area contributed by atoms with Gasteiger partial charge in [0.1, 0.15) is 22.0 Å². The number of thiophene rings is 1. The molecule has 0 N–H and O–H groups in total. The van der Waals surface area contributed by atoms with Crippen molar-refractivity contribution in [1.82, 2.24) is 14.5 Å². The third kappa shape index (κ3) is 3.17. The third-order valence-corrected chi connectivity index (χ3v) is 7.82. The molecule has 30 heavy (non-hydrogen) atoms. The van der Waals surface area contributed by atoms with Crippen LogP contribution in [-0.2, 0) is 12.8 Å². The predicted octanol–water partition coefficient (Wildman–Crippen LogP) is 5.70. The fourth-order valence-electron chi connectivity index (χ4n) is 4.27. The molecule has 3 heterocycles. The zero-order valence-electron chi connectivity index (χ0n) is 16.7. The first kappa shape index (κ1) is 19.5. The number of hydrogen-bond acceptors (Lipinski definition) is 5. The third-order valence-electron chi connectivity index (χ3n) is 5.63. The van der Waals surface area contributed by atoms with Crippen LogP contribution in [0.25, 0.3) is 15.9 Å². The summed E-state index contributed by atoms with van der Waals surface area (Å²) in [7, 11) is 0. The number of thioether (sulfide) groups is 1. The van der Waals surface area contributed by atoms with Crippen LogP contribution in [0.1, 0.15) is 38.6 Å². The first-order valence-corrected chi connectivity index (χ1v) is 11.7. The highest BCUT2D eigenvalue weighted by Crippen LogP contribution is 2.40. The molecular weight excluding hydrogens is 417 g/mol. The van der Waals surface area contributed by atoms with Crippen LogP contribution in [-0.4, -0.2) is 26.1 Å². The predicted molar refractivity (Wildman–Crippen MR) is 120 cm³/mol. The fraction of sp³-hybridized carbons (Fsp3) is 0.261. The van der Waals surface area contributed by atoms with Crippen molar-refractivity contribution in [3.8, 4) is 5.69 Å². The van der Waals surface area contributed by atoms with Gasteiger partial charge in [-0.15, -0.1) is 11.3 Å². The van der Waals surface area contributed by atoms with Crippen LogP contribution in [0.5, 0.6) is 0 Å². The number of halogens is 1. The highest BCUT2D eigenvalue weighted by molar-refractivity contribution is 8.00. The summed E-state index contributed by atoms with van der Waals surface area (Å²) in [5, 5.41) is 2.01. The van der Waals surface area contributed by atoms with Crippen molar-refractivity contribution in [3.63, 3.8) is 0 Å². The van der Waals surface area contributed by atoms with Gasteiger partial charge in [-0.1, -0.05) is 23.9 Å². The molecule has 152 valence electrons. The van der Waals surface area contributed by atoms with E-state index in [0.717, 1.165) is 39.5 Å². The van der Waals surface area contributed by atoms with E-state index in [-0.39, 0.29) is 17.4 Å². The minimum Gasteiger partial charge on any atom is -0.315 e. The van der Waals surface area contributed by atoms with E-state index in [1.165, 1.54) is 34.7 Å². The Labute approximate surface area is 182 Å². The molecule has 3 aromatic heterocycles. The van der Waals surface area contributed by atoms with Crippen LogP contribution < -0.4 is 0 Å². The number of nitrogens with zero attached hydrogens (tertiary/aromatic N) is 3. The molecule has 1 aliphatic carbocycles. The molecule has 0 aliphatic heterocycles. The lowest BCUT2D eigenvalue weighted by molar-refractivity contribution is 0.102. The van der Waals surface area contributed by atoms with Crippen LogP contribution in [0.2, 0.25) is 0 Å². The summed E-state index contributed by atoms with van der Waals surface area (Å²) in [5.41, 5.74) is 4.05. The number of aromatic nitrogens is 3. The zero-order valence-corrected chi connectivity index (χ0v) is 18.4. The van der Waals surface area contributed by atoms with E-state index in [4.69, 9.17) is 0 Å². The Morgan fingerprint density at radius 3 is 2.90 bits per heavy atom. The highest BCUT2D eigenvalue weighted by Gasteiger charge is 2.23. The Morgan fingerprint density at radius 1 is 1.23 bits per heavy atom. The Balaban J connectivity index is 1.43. The fourth-order valence-corrected chi connectivity index (χ4v) is 6.47. The SMILES string of the molecule is Cc1cc(C(=O)CSc2ncnc3sc4c(c23)CCC4)c(C)n1-c1ccccc1F. The smallest absolute Gasteiger partial charge is 0.174 e. The summed E-state index contributed by atoms with van der Waals surface area (Å²) in [6.45, 7) is 3.76. The van der Waals surface area contributed by atoms with Crippen molar-refractivity contribution in [2.45, 2.75) is 38.1 Å². The maximum Gasteiger partial charge on any atom is 0.174 e. The second-order valence-corrected chi connectivity index (χ2v) is 9.55. The summed E-state index contributed by atoms with van der Waals surface area (Å²) < 4.78 is 16.1. The van der Waals surface area contributed by atoms with Crippen molar-refractivity contribution in [2.75, 3.05) is 5.75 Å². The summed E-state index contributed by atoms with van der Waals surface area (Å²) in [5.74, 6) is 0.00914. The molecule has 0 spiro atoms. The van der Waals surface area contributed by atoms with Crippen molar-refractivity contribution in [3.05, 3.63) is 69.9 Å². The minimum atomic E-state index is -0.303. The number of ketones is 1. The average molecular weight is 438 g/mol. The van der Waals surface area contributed by atoms with Gasteiger partial charge in [0.05, 0.1) is 11.4 Å².